The van der Waals surface area contributed by atoms with E-state index in [1.165, 1.54) is 6.21 Å². The molecule has 1 amide bonds. The van der Waals surface area contributed by atoms with Gasteiger partial charge in [0.15, 0.2) is 5.03 Å². The molecule has 0 spiro atoms. The minimum atomic E-state index is -0.699. The standard InChI is InChI=1S/C13H12BrN5O3S/c1-7(23-12-11(21)16-13(22)19-18-12)10(20)17-15-6-8-3-2-4-9(14)5-8/h2-7H,1H3,(H,17,20)(H2,16,19,21,22)/b15-6+. The van der Waals surface area contributed by atoms with E-state index in [1.54, 1.807) is 6.92 Å². The van der Waals surface area contributed by atoms with Gasteiger partial charge < -0.3 is 0 Å². The minimum Gasteiger partial charge on any atom is -0.272 e. The van der Waals surface area contributed by atoms with Gasteiger partial charge in [-0.2, -0.15) is 10.2 Å². The number of amides is 1. The molecule has 1 aromatic heterocycles. The van der Waals surface area contributed by atoms with Crippen LogP contribution in [0.25, 0.3) is 0 Å². The van der Waals surface area contributed by atoms with E-state index in [0.29, 0.717) is 0 Å². The first-order chi connectivity index (χ1) is 11.0. The third-order valence-electron chi connectivity index (χ3n) is 2.57. The van der Waals surface area contributed by atoms with Crippen LogP contribution >= 0.6 is 27.7 Å². The molecule has 0 saturated heterocycles. The first kappa shape index (κ1) is 17.2. The first-order valence-corrected chi connectivity index (χ1v) is 8.07. The normalized spacial score (nSPS) is 12.3. The van der Waals surface area contributed by atoms with E-state index in [9.17, 15) is 14.4 Å². The molecule has 0 aliphatic rings. The SMILES string of the molecule is CC(Sc1n[nH]c(=O)[nH]c1=O)C(=O)N/N=C/c1cccc(Br)c1. The number of carbonyl (C=O) groups is 1. The molecule has 8 nitrogen and oxygen atoms in total. The number of rotatable bonds is 5. The van der Waals surface area contributed by atoms with Crippen molar-refractivity contribution in [3.63, 3.8) is 0 Å². The number of nitrogens with zero attached hydrogens (tertiary/aromatic N) is 2. The highest BCUT2D eigenvalue weighted by molar-refractivity contribution is 9.10. The van der Waals surface area contributed by atoms with Gasteiger partial charge >= 0.3 is 5.69 Å². The quantitative estimate of drug-likeness (QED) is 0.392. The average molecular weight is 398 g/mol. The van der Waals surface area contributed by atoms with Crippen molar-refractivity contribution in [1.29, 1.82) is 0 Å². The summed E-state index contributed by atoms with van der Waals surface area (Å²) in [5, 5.41) is 8.95. The molecule has 0 aliphatic carbocycles. The van der Waals surface area contributed by atoms with E-state index in [0.717, 1.165) is 21.8 Å². The van der Waals surface area contributed by atoms with Crippen LogP contribution in [0.1, 0.15) is 12.5 Å². The number of aromatic nitrogens is 3. The number of carbonyl (C=O) groups excluding carboxylic acids is 1. The summed E-state index contributed by atoms with van der Waals surface area (Å²) in [7, 11) is 0. The number of benzene rings is 1. The molecule has 0 fully saturated rings. The molecule has 0 radical (unpaired) electrons. The largest absolute Gasteiger partial charge is 0.342 e. The molecule has 10 heteroatoms. The molecule has 1 heterocycles. The van der Waals surface area contributed by atoms with Gasteiger partial charge in [0, 0.05) is 4.47 Å². The summed E-state index contributed by atoms with van der Waals surface area (Å²) in [5.74, 6) is -0.395. The van der Waals surface area contributed by atoms with Crippen LogP contribution in [0.2, 0.25) is 0 Å². The van der Waals surface area contributed by atoms with Crippen molar-refractivity contribution in [1.82, 2.24) is 20.6 Å². The van der Waals surface area contributed by atoms with Crippen LogP contribution in [0.3, 0.4) is 0 Å². The van der Waals surface area contributed by atoms with E-state index in [2.05, 4.69) is 36.7 Å². The Morgan fingerprint density at radius 3 is 2.96 bits per heavy atom. The summed E-state index contributed by atoms with van der Waals surface area (Å²) in [4.78, 5) is 36.3. The molecule has 3 N–H and O–H groups in total. The Labute approximate surface area is 142 Å². The van der Waals surface area contributed by atoms with Crippen LogP contribution in [0.4, 0.5) is 0 Å². The van der Waals surface area contributed by atoms with E-state index >= 15 is 0 Å². The lowest BCUT2D eigenvalue weighted by atomic mass is 10.2. The zero-order chi connectivity index (χ0) is 16.8. The second-order valence-electron chi connectivity index (χ2n) is 4.36. The first-order valence-electron chi connectivity index (χ1n) is 6.40. The van der Waals surface area contributed by atoms with E-state index in [4.69, 9.17) is 0 Å². The molecule has 1 aromatic carbocycles. The predicted molar refractivity (Wildman–Crippen MR) is 90.7 cm³/mol. The highest BCUT2D eigenvalue weighted by Crippen LogP contribution is 2.16. The van der Waals surface area contributed by atoms with Gasteiger partial charge in [-0.25, -0.2) is 15.3 Å². The highest BCUT2D eigenvalue weighted by Gasteiger charge is 2.16. The molecule has 23 heavy (non-hydrogen) atoms. The fourth-order valence-corrected chi connectivity index (χ4v) is 2.65. The third kappa shape index (κ3) is 5.18. The number of hydrazone groups is 1. The van der Waals surface area contributed by atoms with Crippen LogP contribution in [-0.2, 0) is 4.79 Å². The van der Waals surface area contributed by atoms with Gasteiger partial charge in [-0.05, 0) is 24.6 Å². The van der Waals surface area contributed by atoms with Crippen molar-refractivity contribution in [3.8, 4) is 0 Å². The second kappa shape index (κ2) is 7.88. The summed E-state index contributed by atoms with van der Waals surface area (Å²) in [5.41, 5.74) is 1.86. The lowest BCUT2D eigenvalue weighted by Crippen LogP contribution is -2.30. The summed E-state index contributed by atoms with van der Waals surface area (Å²) < 4.78 is 0.903. The number of halogens is 1. The number of H-pyrrole nitrogens is 2. The highest BCUT2D eigenvalue weighted by atomic mass is 79.9. The Morgan fingerprint density at radius 2 is 2.26 bits per heavy atom. The van der Waals surface area contributed by atoms with Crippen molar-refractivity contribution in [2.24, 2.45) is 5.10 Å². The molecular formula is C13H12BrN5O3S. The van der Waals surface area contributed by atoms with Crippen molar-refractivity contribution < 1.29 is 4.79 Å². The van der Waals surface area contributed by atoms with Crippen molar-refractivity contribution in [3.05, 3.63) is 55.1 Å². The van der Waals surface area contributed by atoms with Gasteiger partial charge in [0.1, 0.15) is 0 Å². The van der Waals surface area contributed by atoms with Crippen LogP contribution < -0.4 is 16.7 Å². The molecule has 120 valence electrons. The topological polar surface area (TPSA) is 120 Å². The van der Waals surface area contributed by atoms with Gasteiger partial charge in [-0.3, -0.25) is 14.6 Å². The van der Waals surface area contributed by atoms with Gasteiger partial charge in [0.25, 0.3) is 11.5 Å². The summed E-state index contributed by atoms with van der Waals surface area (Å²) in [6.45, 7) is 1.60. The lowest BCUT2D eigenvalue weighted by molar-refractivity contribution is -0.120. The Balaban J connectivity index is 1.95. The number of nitrogens with one attached hydrogen (secondary N) is 3. The number of thioether (sulfide) groups is 1. The average Bonchev–Trinajstić information content (AvgIpc) is 2.50. The number of hydrogen-bond acceptors (Lipinski definition) is 6. The summed E-state index contributed by atoms with van der Waals surface area (Å²) in [6, 6.07) is 7.41. The summed E-state index contributed by atoms with van der Waals surface area (Å²) >= 11 is 4.26. The van der Waals surface area contributed by atoms with E-state index in [1.807, 2.05) is 29.2 Å². The zero-order valence-corrected chi connectivity index (χ0v) is 14.3. The molecule has 2 rings (SSSR count). The Bertz CT molecular complexity index is 848. The lowest BCUT2D eigenvalue weighted by Gasteiger charge is -2.07. The van der Waals surface area contributed by atoms with Crippen molar-refractivity contribution in [2.75, 3.05) is 0 Å². The Kier molecular flexibility index (Phi) is 5.88. The molecule has 0 saturated carbocycles. The molecular weight excluding hydrogens is 386 g/mol. The van der Waals surface area contributed by atoms with E-state index < -0.39 is 22.4 Å². The Morgan fingerprint density at radius 1 is 1.48 bits per heavy atom. The fraction of sp³-hybridized carbons (Fsp3) is 0.154. The smallest absolute Gasteiger partial charge is 0.272 e. The third-order valence-corrected chi connectivity index (χ3v) is 4.14. The van der Waals surface area contributed by atoms with Crippen molar-refractivity contribution in [2.45, 2.75) is 17.2 Å². The number of hydrogen-bond donors (Lipinski definition) is 3. The Hall–Kier alpha value is -2.20. The van der Waals surface area contributed by atoms with Crippen LogP contribution in [-0.4, -0.2) is 32.6 Å². The van der Waals surface area contributed by atoms with Crippen LogP contribution in [0.5, 0.6) is 0 Å². The van der Waals surface area contributed by atoms with Gasteiger partial charge in [0.05, 0.1) is 11.5 Å². The monoisotopic (exact) mass is 397 g/mol. The maximum atomic E-state index is 11.9. The van der Waals surface area contributed by atoms with Crippen LogP contribution in [0, 0.1) is 0 Å². The minimum absolute atomic E-state index is 0.00298. The molecule has 0 bridgehead atoms. The molecule has 1 atom stereocenters. The maximum Gasteiger partial charge on any atom is 0.342 e. The second-order valence-corrected chi connectivity index (χ2v) is 6.61. The number of aromatic amines is 2. The predicted octanol–water partition coefficient (Wildman–Crippen LogP) is 0.852. The van der Waals surface area contributed by atoms with Gasteiger partial charge in [0.2, 0.25) is 0 Å². The van der Waals surface area contributed by atoms with Crippen molar-refractivity contribution >= 4 is 39.8 Å². The summed E-state index contributed by atoms with van der Waals surface area (Å²) in [6.07, 6.45) is 1.51. The molecule has 2 aromatic rings. The van der Waals surface area contributed by atoms with Crippen LogP contribution in [0.15, 0.2) is 48.5 Å². The van der Waals surface area contributed by atoms with Gasteiger partial charge in [-0.1, -0.05) is 39.8 Å². The molecule has 0 aliphatic heterocycles. The fourth-order valence-electron chi connectivity index (χ4n) is 1.49. The maximum absolute atomic E-state index is 11.9. The van der Waals surface area contributed by atoms with E-state index in [-0.39, 0.29) is 5.03 Å². The zero-order valence-electron chi connectivity index (χ0n) is 11.9. The van der Waals surface area contributed by atoms with Gasteiger partial charge in [-0.15, -0.1) is 0 Å². The molecule has 1 unspecified atom stereocenters.